The minimum atomic E-state index is -0.392. The Labute approximate surface area is 154 Å². The van der Waals surface area contributed by atoms with Crippen molar-refractivity contribution in [2.45, 2.75) is 38.0 Å². The molecule has 5 nitrogen and oxygen atoms in total. The number of aliphatic imine (C=N–C) groups is 1. The van der Waals surface area contributed by atoms with Crippen LogP contribution in [0.2, 0.25) is 0 Å². The zero-order chi connectivity index (χ0) is 18.5. The summed E-state index contributed by atoms with van der Waals surface area (Å²) in [6, 6.07) is 6.65. The molecule has 1 atom stereocenters. The van der Waals surface area contributed by atoms with Crippen LogP contribution in [-0.2, 0) is 9.53 Å². The number of carbonyl (C=O) groups excluding carboxylic acids is 1. The number of carbonyl (C=O) groups is 1. The Hall–Kier alpha value is -2.56. The maximum Gasteiger partial charge on any atom is 0.339 e. The topological polar surface area (TPSA) is 59.9 Å². The van der Waals surface area contributed by atoms with Crippen LogP contribution in [0, 0.1) is 0 Å². The van der Waals surface area contributed by atoms with Gasteiger partial charge in [-0.05, 0) is 62.1 Å². The summed E-state index contributed by atoms with van der Waals surface area (Å²) >= 11 is 0. The molecule has 1 aliphatic heterocycles. The first-order chi connectivity index (χ1) is 12.6. The number of benzene rings is 1. The zero-order valence-corrected chi connectivity index (χ0v) is 15.5. The summed E-state index contributed by atoms with van der Waals surface area (Å²) < 4.78 is 10.7. The number of allylic oxidation sites excluding steroid dienone is 1. The van der Waals surface area contributed by atoms with Gasteiger partial charge in [-0.1, -0.05) is 12.1 Å². The Bertz CT molecular complexity index is 748. The average Bonchev–Trinajstić information content (AvgIpc) is 3.51. The van der Waals surface area contributed by atoms with E-state index >= 15 is 0 Å². The highest BCUT2D eigenvalue weighted by atomic mass is 16.5. The number of hydrogen-bond donors (Lipinski definition) is 1. The van der Waals surface area contributed by atoms with E-state index in [-0.39, 0.29) is 0 Å². The third kappa shape index (κ3) is 4.15. The van der Waals surface area contributed by atoms with Crippen molar-refractivity contribution in [3.8, 4) is 5.75 Å². The van der Waals surface area contributed by atoms with Crippen molar-refractivity contribution in [3.63, 3.8) is 0 Å². The normalized spacial score (nSPS) is 20.0. The van der Waals surface area contributed by atoms with Crippen LogP contribution >= 0.6 is 0 Å². The zero-order valence-electron chi connectivity index (χ0n) is 15.5. The van der Waals surface area contributed by atoms with Crippen molar-refractivity contribution in [2.24, 2.45) is 4.99 Å². The van der Waals surface area contributed by atoms with Gasteiger partial charge < -0.3 is 14.8 Å². The number of rotatable bonds is 7. The maximum absolute atomic E-state index is 12.0. The molecule has 1 N–H and O–H groups in total. The third-order valence-electron chi connectivity index (χ3n) is 5.02. The van der Waals surface area contributed by atoms with Crippen LogP contribution < -0.4 is 10.1 Å². The molecule has 3 rings (SSSR count). The van der Waals surface area contributed by atoms with Gasteiger partial charge in [-0.2, -0.15) is 0 Å². The number of ether oxygens (including phenoxy) is 2. The molecule has 26 heavy (non-hydrogen) atoms. The summed E-state index contributed by atoms with van der Waals surface area (Å²) in [5.74, 6) is 1.69. The molecule has 0 radical (unpaired) electrons. The first kappa shape index (κ1) is 18.2. The minimum Gasteiger partial charge on any atom is -0.493 e. The lowest BCUT2D eigenvalue weighted by atomic mass is 9.91. The highest BCUT2D eigenvalue weighted by Crippen LogP contribution is 2.43. The van der Waals surface area contributed by atoms with Gasteiger partial charge >= 0.3 is 5.97 Å². The summed E-state index contributed by atoms with van der Waals surface area (Å²) in [4.78, 5) is 15.6. The molecule has 0 amide bonds. The van der Waals surface area contributed by atoms with Gasteiger partial charge in [-0.25, -0.2) is 4.79 Å². The van der Waals surface area contributed by atoms with Crippen molar-refractivity contribution in [2.75, 3.05) is 20.3 Å². The van der Waals surface area contributed by atoms with E-state index in [1.807, 2.05) is 6.92 Å². The van der Waals surface area contributed by atoms with Crippen LogP contribution in [0.4, 0.5) is 0 Å². The highest BCUT2D eigenvalue weighted by Gasteiger charge is 2.27. The predicted molar refractivity (Wildman–Crippen MR) is 103 cm³/mol. The fourth-order valence-electron chi connectivity index (χ4n) is 3.32. The first-order valence-corrected chi connectivity index (χ1v) is 9.06. The smallest absolute Gasteiger partial charge is 0.339 e. The molecule has 5 heteroatoms. The van der Waals surface area contributed by atoms with Crippen molar-refractivity contribution in [3.05, 3.63) is 52.9 Å². The fourth-order valence-corrected chi connectivity index (χ4v) is 3.32. The molecule has 1 aromatic rings. The summed E-state index contributed by atoms with van der Waals surface area (Å²) in [5.41, 5.74) is 3.85. The Balaban J connectivity index is 1.73. The maximum atomic E-state index is 12.0. The van der Waals surface area contributed by atoms with Crippen LogP contribution in [0.5, 0.6) is 5.75 Å². The molecule has 1 fully saturated rings. The SMILES string of the molecule is C=N/C=C\C(C(=O)OC)=C(/C)NCC1CCOc2cc(C3CC3)ccc21. The lowest BCUT2D eigenvalue weighted by Crippen LogP contribution is -2.26. The number of hydrogen-bond acceptors (Lipinski definition) is 5. The molecule has 138 valence electrons. The van der Waals surface area contributed by atoms with E-state index in [9.17, 15) is 4.79 Å². The van der Waals surface area contributed by atoms with Gasteiger partial charge in [-0.15, -0.1) is 0 Å². The number of esters is 1. The molecule has 1 saturated carbocycles. The molecule has 0 saturated heterocycles. The van der Waals surface area contributed by atoms with E-state index in [4.69, 9.17) is 9.47 Å². The van der Waals surface area contributed by atoms with E-state index in [1.54, 1.807) is 6.08 Å². The van der Waals surface area contributed by atoms with Crippen LogP contribution in [0.3, 0.4) is 0 Å². The lowest BCUT2D eigenvalue weighted by Gasteiger charge is -2.27. The summed E-state index contributed by atoms with van der Waals surface area (Å²) in [5, 5.41) is 3.38. The Kier molecular flexibility index (Phi) is 5.76. The van der Waals surface area contributed by atoms with Gasteiger partial charge in [0.1, 0.15) is 5.75 Å². The number of methoxy groups -OCH3 is 1. The Morgan fingerprint density at radius 3 is 2.92 bits per heavy atom. The van der Waals surface area contributed by atoms with E-state index in [1.165, 1.54) is 37.3 Å². The number of fused-ring (bicyclic) bond motifs is 1. The highest BCUT2D eigenvalue weighted by molar-refractivity contribution is 5.92. The summed E-state index contributed by atoms with van der Waals surface area (Å²) in [6.07, 6.45) is 6.63. The lowest BCUT2D eigenvalue weighted by molar-refractivity contribution is -0.135. The quantitative estimate of drug-likeness (QED) is 0.351. The minimum absolute atomic E-state index is 0.349. The standard InChI is InChI=1S/C21H26N2O3/c1-14(18(8-10-22-2)21(24)25-3)23-13-17-9-11-26-20-12-16(15-4-5-15)6-7-19(17)20/h6-8,10,12,15,17,23H,2,4-5,9,11,13H2,1,3H3/b10-8-,18-14-. The van der Waals surface area contributed by atoms with Gasteiger partial charge in [0, 0.05) is 24.4 Å². The van der Waals surface area contributed by atoms with E-state index in [0.717, 1.165) is 36.9 Å². The van der Waals surface area contributed by atoms with Crippen molar-refractivity contribution in [1.82, 2.24) is 5.32 Å². The van der Waals surface area contributed by atoms with Gasteiger partial charge in [0.05, 0.1) is 19.3 Å². The fraction of sp³-hybridized carbons (Fsp3) is 0.429. The largest absolute Gasteiger partial charge is 0.493 e. The van der Waals surface area contributed by atoms with Gasteiger partial charge in [0.2, 0.25) is 0 Å². The van der Waals surface area contributed by atoms with Crippen LogP contribution in [-0.4, -0.2) is 32.9 Å². The number of nitrogens with one attached hydrogen (secondary N) is 1. The molecular formula is C21H26N2O3. The predicted octanol–water partition coefficient (Wildman–Crippen LogP) is 3.68. The molecule has 1 aromatic carbocycles. The van der Waals surface area contributed by atoms with Crippen LogP contribution in [0.25, 0.3) is 0 Å². The molecule has 0 spiro atoms. The Morgan fingerprint density at radius 1 is 1.42 bits per heavy atom. The van der Waals surface area contributed by atoms with E-state index < -0.39 is 5.97 Å². The van der Waals surface area contributed by atoms with Gasteiger partial charge in [0.25, 0.3) is 0 Å². The van der Waals surface area contributed by atoms with Crippen LogP contribution in [0.15, 0.2) is 46.7 Å². The third-order valence-corrected chi connectivity index (χ3v) is 5.02. The Morgan fingerprint density at radius 2 is 2.23 bits per heavy atom. The molecular weight excluding hydrogens is 328 g/mol. The monoisotopic (exact) mass is 354 g/mol. The van der Waals surface area contributed by atoms with Crippen LogP contribution in [0.1, 0.15) is 49.1 Å². The molecule has 0 bridgehead atoms. The van der Waals surface area contributed by atoms with Crippen molar-refractivity contribution >= 4 is 12.7 Å². The second kappa shape index (κ2) is 8.21. The summed E-state index contributed by atoms with van der Waals surface area (Å²) in [7, 11) is 1.37. The molecule has 1 unspecified atom stereocenters. The molecule has 1 heterocycles. The molecule has 1 aliphatic carbocycles. The summed E-state index contributed by atoms with van der Waals surface area (Å²) in [6.45, 7) is 6.73. The van der Waals surface area contributed by atoms with Gasteiger partial charge in [-0.3, -0.25) is 4.99 Å². The number of nitrogens with zero attached hydrogens (tertiary/aromatic N) is 1. The van der Waals surface area contributed by atoms with Crippen molar-refractivity contribution < 1.29 is 14.3 Å². The second-order valence-corrected chi connectivity index (χ2v) is 6.82. The molecule has 0 aromatic heterocycles. The average molecular weight is 354 g/mol. The van der Waals surface area contributed by atoms with E-state index in [2.05, 4.69) is 35.2 Å². The first-order valence-electron chi connectivity index (χ1n) is 9.06. The second-order valence-electron chi connectivity index (χ2n) is 6.82. The van der Waals surface area contributed by atoms with Gasteiger partial charge in [0.15, 0.2) is 0 Å². The molecule has 2 aliphatic rings. The van der Waals surface area contributed by atoms with E-state index in [0.29, 0.717) is 11.5 Å². The van der Waals surface area contributed by atoms with Crippen molar-refractivity contribution in [1.29, 1.82) is 0 Å².